The number of nitrogens with zero attached hydrogens (tertiary/aromatic N) is 2. The molecule has 1 unspecified atom stereocenters. The van der Waals surface area contributed by atoms with Crippen molar-refractivity contribution in [1.82, 2.24) is 14.5 Å². The molecule has 2 fully saturated rings. The van der Waals surface area contributed by atoms with Gasteiger partial charge in [-0.2, -0.15) is 4.31 Å². The van der Waals surface area contributed by atoms with Crippen molar-refractivity contribution in [1.29, 1.82) is 0 Å². The molecule has 0 aliphatic carbocycles. The summed E-state index contributed by atoms with van der Waals surface area (Å²) >= 11 is 0. The van der Waals surface area contributed by atoms with Crippen molar-refractivity contribution in [3.8, 4) is 0 Å². The summed E-state index contributed by atoms with van der Waals surface area (Å²) in [6, 6.07) is 7.76. The Kier molecular flexibility index (Phi) is 6.67. The van der Waals surface area contributed by atoms with Crippen LogP contribution in [0.15, 0.2) is 29.2 Å². The molecule has 0 radical (unpaired) electrons. The first kappa shape index (κ1) is 19.7. The van der Waals surface area contributed by atoms with E-state index in [1.165, 1.54) is 0 Å². The lowest BCUT2D eigenvalue weighted by molar-refractivity contribution is 0.179. The molecule has 1 aromatic carbocycles. The van der Waals surface area contributed by atoms with Crippen LogP contribution in [0, 0.1) is 0 Å². The van der Waals surface area contributed by atoms with Crippen molar-refractivity contribution in [2.45, 2.75) is 37.1 Å². The van der Waals surface area contributed by atoms with E-state index in [0.717, 1.165) is 38.2 Å². The van der Waals surface area contributed by atoms with E-state index in [-0.39, 0.29) is 12.4 Å². The number of nitrogens with one attached hydrogen (secondary N) is 1. The number of benzene rings is 1. The Labute approximate surface area is 151 Å². The van der Waals surface area contributed by atoms with E-state index in [2.05, 4.69) is 24.1 Å². The lowest BCUT2D eigenvalue weighted by Gasteiger charge is -2.32. The molecule has 0 bridgehead atoms. The highest BCUT2D eigenvalue weighted by molar-refractivity contribution is 7.89. The van der Waals surface area contributed by atoms with Crippen molar-refractivity contribution < 1.29 is 8.42 Å². The molecule has 2 aliphatic heterocycles. The molecule has 2 aliphatic rings. The Morgan fingerprint density at radius 3 is 2.54 bits per heavy atom. The Morgan fingerprint density at radius 1 is 1.17 bits per heavy atom. The average Bonchev–Trinajstić information content (AvgIpc) is 3.06. The van der Waals surface area contributed by atoms with Crippen LogP contribution >= 0.6 is 12.4 Å². The van der Waals surface area contributed by atoms with Gasteiger partial charge in [0.15, 0.2) is 0 Å². The lowest BCUT2D eigenvalue weighted by atomic mass is 10.0. The van der Waals surface area contributed by atoms with Crippen molar-refractivity contribution in [2.75, 3.05) is 39.3 Å². The normalized spacial score (nSPS) is 23.4. The van der Waals surface area contributed by atoms with Crippen LogP contribution in [0.2, 0.25) is 0 Å². The molecule has 3 rings (SSSR count). The van der Waals surface area contributed by atoms with Gasteiger partial charge >= 0.3 is 0 Å². The molecule has 0 spiro atoms. The van der Waals surface area contributed by atoms with Crippen molar-refractivity contribution >= 4 is 22.4 Å². The zero-order chi connectivity index (χ0) is 16.4. The summed E-state index contributed by atoms with van der Waals surface area (Å²) in [5, 5.41) is 3.35. The zero-order valence-electron chi connectivity index (χ0n) is 14.4. The van der Waals surface area contributed by atoms with Crippen LogP contribution in [0.1, 0.15) is 31.7 Å². The molecule has 136 valence electrons. The Bertz CT molecular complexity index is 645. The van der Waals surface area contributed by atoms with Crippen LogP contribution in [0.5, 0.6) is 0 Å². The summed E-state index contributed by atoms with van der Waals surface area (Å²) in [7, 11) is -3.38. The highest BCUT2D eigenvalue weighted by atomic mass is 35.5. The predicted octanol–water partition coefficient (Wildman–Crippen LogP) is 1.90. The van der Waals surface area contributed by atoms with Crippen LogP contribution in [-0.4, -0.2) is 62.9 Å². The second-order valence-corrected chi connectivity index (χ2v) is 8.76. The van der Waals surface area contributed by atoms with Gasteiger partial charge in [0.25, 0.3) is 0 Å². The van der Waals surface area contributed by atoms with E-state index in [9.17, 15) is 8.42 Å². The fraction of sp³-hybridized carbons (Fsp3) is 0.647. The van der Waals surface area contributed by atoms with Crippen LogP contribution in [-0.2, 0) is 10.0 Å². The smallest absolute Gasteiger partial charge is 0.243 e. The third-order valence-electron chi connectivity index (χ3n) is 4.96. The molecule has 24 heavy (non-hydrogen) atoms. The second kappa shape index (κ2) is 8.15. The van der Waals surface area contributed by atoms with Crippen LogP contribution in [0.3, 0.4) is 0 Å². The maximum atomic E-state index is 12.9. The van der Waals surface area contributed by atoms with Crippen molar-refractivity contribution in [3.05, 3.63) is 29.8 Å². The summed E-state index contributed by atoms with van der Waals surface area (Å²) in [4.78, 5) is 2.86. The van der Waals surface area contributed by atoms with Gasteiger partial charge in [0, 0.05) is 45.3 Å². The van der Waals surface area contributed by atoms with E-state index < -0.39 is 10.0 Å². The van der Waals surface area contributed by atoms with Gasteiger partial charge in [0.2, 0.25) is 10.0 Å². The highest BCUT2D eigenvalue weighted by Gasteiger charge is 2.35. The van der Waals surface area contributed by atoms with E-state index in [1.807, 2.05) is 18.2 Å². The fourth-order valence-electron chi connectivity index (χ4n) is 3.46. The van der Waals surface area contributed by atoms with Crippen LogP contribution < -0.4 is 5.32 Å². The number of piperazine rings is 1. The summed E-state index contributed by atoms with van der Waals surface area (Å²) in [5.41, 5.74) is 1.07. The van der Waals surface area contributed by atoms with E-state index in [4.69, 9.17) is 0 Å². The molecular formula is C17H28ClN3O2S. The molecule has 0 amide bonds. The predicted molar refractivity (Wildman–Crippen MR) is 99.4 cm³/mol. The number of hydrogen-bond donors (Lipinski definition) is 1. The van der Waals surface area contributed by atoms with E-state index >= 15 is 0 Å². The number of rotatable bonds is 4. The first-order valence-electron chi connectivity index (χ1n) is 8.53. The summed E-state index contributed by atoms with van der Waals surface area (Å²) < 4.78 is 27.5. The maximum Gasteiger partial charge on any atom is 0.243 e. The highest BCUT2D eigenvalue weighted by Crippen LogP contribution is 2.26. The van der Waals surface area contributed by atoms with Gasteiger partial charge in [-0.15, -0.1) is 12.4 Å². The molecule has 1 atom stereocenters. The fourth-order valence-corrected chi connectivity index (χ4v) is 5.01. The molecule has 1 aromatic rings. The minimum absolute atomic E-state index is 0. The van der Waals surface area contributed by atoms with Gasteiger partial charge in [-0.1, -0.05) is 26.0 Å². The quantitative estimate of drug-likeness (QED) is 0.875. The Morgan fingerprint density at radius 2 is 1.88 bits per heavy atom. The standard InChI is InChI=1S/C17H27N3O2S.ClH/c1-14(2)15-4-3-5-17(12-15)23(21,22)20-9-6-16(13-20)19-10-7-18-8-11-19;/h3-5,12,14,16,18H,6-11,13H2,1-2H3;1H. The SMILES string of the molecule is CC(C)c1cccc(S(=O)(=O)N2CCC(N3CCNCC3)C2)c1.Cl. The van der Waals surface area contributed by atoms with Gasteiger partial charge in [-0.3, -0.25) is 4.90 Å². The molecular weight excluding hydrogens is 346 g/mol. The summed E-state index contributed by atoms with van der Waals surface area (Å²) in [5.74, 6) is 0.331. The van der Waals surface area contributed by atoms with Gasteiger partial charge in [-0.05, 0) is 30.0 Å². The van der Waals surface area contributed by atoms with E-state index in [1.54, 1.807) is 10.4 Å². The van der Waals surface area contributed by atoms with Gasteiger partial charge in [0.1, 0.15) is 0 Å². The molecule has 7 heteroatoms. The number of hydrogen-bond acceptors (Lipinski definition) is 4. The third kappa shape index (κ3) is 4.11. The van der Waals surface area contributed by atoms with Gasteiger partial charge in [-0.25, -0.2) is 8.42 Å². The molecule has 2 saturated heterocycles. The minimum atomic E-state index is -3.38. The summed E-state index contributed by atoms with van der Waals surface area (Å²) in [6.45, 7) is 9.45. The minimum Gasteiger partial charge on any atom is -0.314 e. The van der Waals surface area contributed by atoms with E-state index in [0.29, 0.717) is 29.9 Å². The molecule has 5 nitrogen and oxygen atoms in total. The molecule has 2 heterocycles. The Hall–Kier alpha value is -0.660. The van der Waals surface area contributed by atoms with Crippen LogP contribution in [0.25, 0.3) is 0 Å². The first-order valence-corrected chi connectivity index (χ1v) is 9.97. The molecule has 0 aromatic heterocycles. The Balaban J connectivity index is 0.00000208. The molecule has 0 saturated carbocycles. The van der Waals surface area contributed by atoms with Crippen molar-refractivity contribution in [3.63, 3.8) is 0 Å². The third-order valence-corrected chi connectivity index (χ3v) is 6.82. The lowest BCUT2D eigenvalue weighted by Crippen LogP contribution is -2.49. The second-order valence-electron chi connectivity index (χ2n) is 6.82. The topological polar surface area (TPSA) is 52.7 Å². The van der Waals surface area contributed by atoms with Crippen LogP contribution in [0.4, 0.5) is 0 Å². The van der Waals surface area contributed by atoms with Gasteiger partial charge < -0.3 is 5.32 Å². The average molecular weight is 374 g/mol. The number of sulfonamides is 1. The first-order chi connectivity index (χ1) is 11.0. The van der Waals surface area contributed by atoms with Crippen molar-refractivity contribution in [2.24, 2.45) is 0 Å². The number of halogens is 1. The monoisotopic (exact) mass is 373 g/mol. The molecule has 1 N–H and O–H groups in total. The van der Waals surface area contributed by atoms with Gasteiger partial charge in [0.05, 0.1) is 4.90 Å². The maximum absolute atomic E-state index is 12.9. The largest absolute Gasteiger partial charge is 0.314 e. The summed E-state index contributed by atoms with van der Waals surface area (Å²) in [6.07, 6.45) is 0.934. The zero-order valence-corrected chi connectivity index (χ0v) is 16.1.